The molecule has 2 aromatic rings. The molecule has 0 spiro atoms. The lowest BCUT2D eigenvalue weighted by Gasteiger charge is -2.22. The molecule has 2 rings (SSSR count). The van der Waals surface area contributed by atoms with Gasteiger partial charge in [0.15, 0.2) is 11.5 Å². The number of aliphatic carboxylic acids is 2. The monoisotopic (exact) mass is 617 g/mol. The van der Waals surface area contributed by atoms with Crippen molar-refractivity contribution in [3.63, 3.8) is 0 Å². The number of ether oxygens (including phenoxy) is 3. The maximum absolute atomic E-state index is 13.1. The average Bonchev–Trinajstić information content (AvgIpc) is 3.29. The minimum absolute atomic E-state index is 0.0929. The van der Waals surface area contributed by atoms with E-state index in [1.54, 1.807) is 46.1 Å². The van der Waals surface area contributed by atoms with Gasteiger partial charge >= 0.3 is 31.5 Å². The van der Waals surface area contributed by atoms with Crippen LogP contribution in [0.3, 0.4) is 0 Å². The first kappa shape index (κ1) is 36.1. The van der Waals surface area contributed by atoms with E-state index in [2.05, 4.69) is 15.0 Å². The summed E-state index contributed by atoms with van der Waals surface area (Å²) in [4.78, 5) is 55.1. The lowest BCUT2D eigenvalue weighted by atomic mass is 9.98. The van der Waals surface area contributed by atoms with E-state index < -0.39 is 62.2 Å². The van der Waals surface area contributed by atoms with Crippen molar-refractivity contribution in [1.82, 2.24) is 19.5 Å². The van der Waals surface area contributed by atoms with Gasteiger partial charge in [-0.1, -0.05) is 0 Å². The third-order valence-electron chi connectivity index (χ3n) is 4.63. The zero-order valence-electron chi connectivity index (χ0n) is 24.1. The van der Waals surface area contributed by atoms with Crippen molar-refractivity contribution in [3.8, 4) is 0 Å². The first-order valence-corrected chi connectivity index (χ1v) is 13.9. The van der Waals surface area contributed by atoms with Gasteiger partial charge in [-0.3, -0.25) is 23.2 Å². The minimum atomic E-state index is -3.95. The summed E-state index contributed by atoms with van der Waals surface area (Å²) in [6.45, 7) is 9.16. The third kappa shape index (κ3) is 13.2. The van der Waals surface area contributed by atoms with Gasteiger partial charge < -0.3 is 34.7 Å². The fourth-order valence-electron chi connectivity index (χ4n) is 2.41. The summed E-state index contributed by atoms with van der Waals surface area (Å²) in [6, 6.07) is 0. The second-order valence-electron chi connectivity index (χ2n) is 10.4. The van der Waals surface area contributed by atoms with E-state index in [1.807, 2.05) is 0 Å². The van der Waals surface area contributed by atoms with Gasteiger partial charge in [-0.05, 0) is 41.5 Å². The number of carboxylic acids is 2. The summed E-state index contributed by atoms with van der Waals surface area (Å²) >= 11 is 0. The largest absolute Gasteiger partial charge is 0.478 e. The molecule has 2 heterocycles. The Hall–Kier alpha value is -3.92. The Bertz CT molecular complexity index is 1260. The van der Waals surface area contributed by atoms with Gasteiger partial charge in [0, 0.05) is 18.7 Å². The highest BCUT2D eigenvalue weighted by Gasteiger charge is 2.30. The molecule has 0 bridgehead atoms. The van der Waals surface area contributed by atoms with E-state index in [0.29, 0.717) is 29.9 Å². The molecular formula is C24H36N5O12P. The fourth-order valence-corrected chi connectivity index (χ4v) is 3.41. The maximum atomic E-state index is 13.1. The Morgan fingerprint density at radius 2 is 1.40 bits per heavy atom. The number of hydrogen-bond donors (Lipinski definition) is 3. The highest BCUT2D eigenvalue weighted by atomic mass is 31.2. The molecule has 0 aliphatic rings. The van der Waals surface area contributed by atoms with E-state index in [1.165, 1.54) is 12.7 Å². The summed E-state index contributed by atoms with van der Waals surface area (Å²) < 4.78 is 40.7. The standard InChI is InChI=1S/C20H32N5O8P.C4H4O4/c1-19(2,3)17(26)30-11-32-34(28,33-12-31-18(27)20(4,5)6)13-29-8-7-25-10-24-14-15(21)22-9-23-16(14)25;5-3(6)1-2-4(7)8/h9-10H,7-8,11-13H2,1-6H3,(H2,21,22,23);1-2H,(H,5,6)(H,7,8)/b;2-1-. The number of nitrogens with two attached hydrogens (primary N) is 1. The SMILES string of the molecule is CC(C)(C)C(=O)OCOP(=O)(COCCn1cnc2c(N)ncnc21)OCOC(=O)C(C)(C)C.O=C(O)/C=C\C(=O)O. The zero-order valence-corrected chi connectivity index (χ0v) is 25.0. The maximum Gasteiger partial charge on any atom is 0.361 e. The van der Waals surface area contributed by atoms with E-state index in [4.69, 9.17) is 39.2 Å². The van der Waals surface area contributed by atoms with Gasteiger partial charge in [0.05, 0.1) is 23.8 Å². The van der Waals surface area contributed by atoms with Crippen LogP contribution in [0.4, 0.5) is 5.82 Å². The number of esters is 2. The van der Waals surface area contributed by atoms with Crippen LogP contribution >= 0.6 is 7.60 Å². The summed E-state index contributed by atoms with van der Waals surface area (Å²) in [6.07, 6.45) is 3.50. The molecule has 2 aromatic heterocycles. The number of carbonyl (C=O) groups is 4. The molecule has 18 heteroatoms. The van der Waals surface area contributed by atoms with Crippen LogP contribution in [0.1, 0.15) is 41.5 Å². The lowest BCUT2D eigenvalue weighted by molar-refractivity contribution is -0.162. The quantitative estimate of drug-likeness (QED) is 0.0960. The molecule has 0 radical (unpaired) electrons. The molecule has 0 atom stereocenters. The molecule has 4 N–H and O–H groups in total. The first-order valence-electron chi connectivity index (χ1n) is 12.2. The Labute approximate surface area is 241 Å². The van der Waals surface area contributed by atoms with Crippen LogP contribution in [0.2, 0.25) is 0 Å². The second-order valence-corrected chi connectivity index (χ2v) is 12.4. The summed E-state index contributed by atoms with van der Waals surface area (Å²) in [7, 11) is -3.95. The number of carbonyl (C=O) groups excluding carboxylic acids is 2. The van der Waals surface area contributed by atoms with E-state index in [9.17, 15) is 23.7 Å². The summed E-state index contributed by atoms with van der Waals surface area (Å²) in [5.41, 5.74) is 5.21. The van der Waals surface area contributed by atoms with Crippen molar-refractivity contribution in [2.75, 3.05) is 32.3 Å². The molecule has 0 aliphatic heterocycles. The van der Waals surface area contributed by atoms with Crippen molar-refractivity contribution in [2.45, 2.75) is 48.1 Å². The van der Waals surface area contributed by atoms with Crippen molar-refractivity contribution < 1.29 is 57.2 Å². The van der Waals surface area contributed by atoms with Gasteiger partial charge in [-0.2, -0.15) is 0 Å². The Morgan fingerprint density at radius 3 is 1.86 bits per heavy atom. The fraction of sp³-hybridized carbons (Fsp3) is 0.542. The number of carboxylic acid groups (broad SMARTS) is 2. The van der Waals surface area contributed by atoms with Crippen molar-refractivity contribution >= 4 is 48.5 Å². The molecule has 234 valence electrons. The van der Waals surface area contributed by atoms with E-state index in [0.717, 1.165) is 0 Å². The minimum Gasteiger partial charge on any atom is -0.478 e. The molecule has 0 saturated carbocycles. The number of hydrogen-bond acceptors (Lipinski definition) is 14. The van der Waals surface area contributed by atoms with Crippen LogP contribution in [-0.2, 0) is 53.5 Å². The number of fused-ring (bicyclic) bond motifs is 1. The first-order chi connectivity index (χ1) is 19.4. The topological polar surface area (TPSA) is 242 Å². The number of rotatable bonds is 13. The van der Waals surface area contributed by atoms with Crippen LogP contribution in [-0.4, -0.2) is 80.2 Å². The van der Waals surface area contributed by atoms with Crippen LogP contribution in [0, 0.1) is 10.8 Å². The predicted octanol–water partition coefficient (Wildman–Crippen LogP) is 2.41. The summed E-state index contributed by atoms with van der Waals surface area (Å²) in [5.74, 6) is -3.36. The molecule has 0 amide bonds. The van der Waals surface area contributed by atoms with Crippen molar-refractivity contribution in [3.05, 3.63) is 24.8 Å². The van der Waals surface area contributed by atoms with Crippen molar-refractivity contribution in [2.24, 2.45) is 10.8 Å². The van der Waals surface area contributed by atoms with Gasteiger partial charge in [0.2, 0.25) is 13.6 Å². The predicted molar refractivity (Wildman–Crippen MR) is 146 cm³/mol. The molecule has 0 aromatic carbocycles. The van der Waals surface area contributed by atoms with Crippen LogP contribution in [0.5, 0.6) is 0 Å². The molecule has 0 fully saturated rings. The van der Waals surface area contributed by atoms with Crippen LogP contribution in [0.25, 0.3) is 11.2 Å². The average molecular weight is 618 g/mol. The number of aromatic nitrogens is 4. The zero-order chi connectivity index (χ0) is 32.1. The highest BCUT2D eigenvalue weighted by Crippen LogP contribution is 2.48. The van der Waals surface area contributed by atoms with Gasteiger partial charge in [0.1, 0.15) is 18.2 Å². The third-order valence-corrected chi connectivity index (χ3v) is 6.12. The second kappa shape index (κ2) is 15.9. The van der Waals surface area contributed by atoms with Crippen LogP contribution in [0.15, 0.2) is 24.8 Å². The van der Waals surface area contributed by atoms with Gasteiger partial charge in [0.25, 0.3) is 0 Å². The number of nitrogen functional groups attached to an aromatic ring is 1. The number of nitrogens with zero attached hydrogens (tertiary/aromatic N) is 4. The number of imidazole rings is 1. The Morgan fingerprint density at radius 1 is 0.905 bits per heavy atom. The highest BCUT2D eigenvalue weighted by molar-refractivity contribution is 7.53. The Balaban J connectivity index is 0.000000962. The van der Waals surface area contributed by atoms with Gasteiger partial charge in [-0.15, -0.1) is 0 Å². The van der Waals surface area contributed by atoms with E-state index in [-0.39, 0.29) is 12.4 Å². The molecule has 17 nitrogen and oxygen atoms in total. The molecule has 0 saturated heterocycles. The molecular weight excluding hydrogens is 581 g/mol. The summed E-state index contributed by atoms with van der Waals surface area (Å²) in [5, 5.41) is 15.6. The smallest absolute Gasteiger partial charge is 0.361 e. The Kier molecular flexibility index (Phi) is 13.7. The van der Waals surface area contributed by atoms with E-state index >= 15 is 0 Å². The normalized spacial score (nSPS) is 12.0. The number of anilines is 1. The van der Waals surface area contributed by atoms with Crippen LogP contribution < -0.4 is 5.73 Å². The molecule has 42 heavy (non-hydrogen) atoms. The van der Waals surface area contributed by atoms with Gasteiger partial charge in [-0.25, -0.2) is 24.5 Å². The molecule has 0 unspecified atom stereocenters. The lowest BCUT2D eigenvalue weighted by Crippen LogP contribution is -2.25. The van der Waals surface area contributed by atoms with Crippen molar-refractivity contribution in [1.29, 1.82) is 0 Å². The molecule has 0 aliphatic carbocycles.